The van der Waals surface area contributed by atoms with Gasteiger partial charge in [0, 0.05) is 12.1 Å². The Morgan fingerprint density at radius 3 is 1.38 bits per heavy atom. The molecule has 0 saturated heterocycles. The van der Waals surface area contributed by atoms with Crippen LogP contribution in [0.15, 0.2) is 48.5 Å². The number of unbranched alkanes of at least 4 members (excludes halogenated alkanes) is 14. The fraction of sp³-hybridized carbons (Fsp3) is 0.696. The standard InChI is InChI=1S/C46H72F3NO10/c1-2-3-4-5-6-7-8-9-10-11-12-13-14-15-16-24-44(51)59-37-35-57-33-31-55-29-27-53-25-26-54-28-30-56-32-34-58-36-38-60-45(52)42-22-17-18-23-43(42)50-41-21-19-20-40(39-41)46(47,48)49/h17-23,39,50H,2-16,24-38H2,1H3. The summed E-state index contributed by atoms with van der Waals surface area (Å²) < 4.78 is 82.6. The van der Waals surface area contributed by atoms with Gasteiger partial charge in [0.15, 0.2) is 0 Å². The zero-order chi connectivity index (χ0) is 43.2. The number of alkyl halides is 3. The second kappa shape index (κ2) is 36.4. The van der Waals surface area contributed by atoms with Crippen LogP contribution in [0.5, 0.6) is 0 Å². The first-order chi connectivity index (χ1) is 29.3. The first kappa shape index (κ1) is 52.9. The molecule has 0 radical (unpaired) electrons. The summed E-state index contributed by atoms with van der Waals surface area (Å²) in [7, 11) is 0. The summed E-state index contributed by atoms with van der Waals surface area (Å²) in [5.74, 6) is -0.783. The van der Waals surface area contributed by atoms with Crippen LogP contribution in [0.4, 0.5) is 24.5 Å². The van der Waals surface area contributed by atoms with Gasteiger partial charge >= 0.3 is 18.1 Å². The predicted octanol–water partition coefficient (Wildman–Crippen LogP) is 10.5. The first-order valence-electron chi connectivity index (χ1n) is 22.1. The summed E-state index contributed by atoms with van der Waals surface area (Å²) in [6.45, 7) is 7.02. The minimum atomic E-state index is -4.48. The van der Waals surface area contributed by atoms with Gasteiger partial charge in [0.25, 0.3) is 0 Å². The summed E-state index contributed by atoms with van der Waals surface area (Å²) in [6, 6.07) is 11.1. The molecule has 0 fully saturated rings. The summed E-state index contributed by atoms with van der Waals surface area (Å²) >= 11 is 0. The van der Waals surface area contributed by atoms with E-state index in [-0.39, 0.29) is 37.0 Å². The molecule has 2 rings (SSSR count). The van der Waals surface area contributed by atoms with Gasteiger partial charge in [0.05, 0.1) is 96.1 Å². The van der Waals surface area contributed by atoms with Crippen LogP contribution in [0.25, 0.3) is 0 Å². The maximum Gasteiger partial charge on any atom is 0.416 e. The van der Waals surface area contributed by atoms with Crippen molar-refractivity contribution < 1.29 is 60.7 Å². The Morgan fingerprint density at radius 1 is 0.500 bits per heavy atom. The van der Waals surface area contributed by atoms with Gasteiger partial charge in [-0.2, -0.15) is 13.2 Å². The quantitative estimate of drug-likeness (QED) is 0.0509. The van der Waals surface area contributed by atoms with Crippen molar-refractivity contribution in [2.24, 2.45) is 0 Å². The molecule has 0 aliphatic carbocycles. The maximum atomic E-state index is 13.1. The smallest absolute Gasteiger partial charge is 0.416 e. The number of ether oxygens (including phenoxy) is 8. The Balaban J connectivity index is 1.27. The van der Waals surface area contributed by atoms with Gasteiger partial charge in [0.1, 0.15) is 13.2 Å². The number of halogens is 3. The minimum absolute atomic E-state index is 0.00305. The van der Waals surface area contributed by atoms with Crippen LogP contribution in [0.2, 0.25) is 0 Å². The molecule has 0 aromatic heterocycles. The number of hydrogen-bond acceptors (Lipinski definition) is 11. The van der Waals surface area contributed by atoms with Gasteiger partial charge in [-0.3, -0.25) is 4.79 Å². The summed E-state index contributed by atoms with van der Waals surface area (Å²) in [6.07, 6.45) is 15.5. The molecule has 0 aliphatic rings. The number of carbonyl (C=O) groups is 2. The lowest BCUT2D eigenvalue weighted by Gasteiger charge is -2.13. The normalized spacial score (nSPS) is 11.5. The second-order valence-corrected chi connectivity index (χ2v) is 14.5. The van der Waals surface area contributed by atoms with E-state index in [1.54, 1.807) is 18.2 Å². The topological polar surface area (TPSA) is 120 Å². The zero-order valence-corrected chi connectivity index (χ0v) is 36.0. The molecule has 0 saturated carbocycles. The van der Waals surface area contributed by atoms with E-state index in [2.05, 4.69) is 12.2 Å². The molecule has 342 valence electrons. The van der Waals surface area contributed by atoms with Crippen molar-refractivity contribution in [1.29, 1.82) is 0 Å². The summed E-state index contributed by atoms with van der Waals surface area (Å²) in [4.78, 5) is 24.5. The van der Waals surface area contributed by atoms with Crippen LogP contribution in [0, 0.1) is 0 Å². The van der Waals surface area contributed by atoms with E-state index in [0.717, 1.165) is 25.0 Å². The number of hydrogen-bond donors (Lipinski definition) is 1. The third kappa shape index (κ3) is 29.1. The Morgan fingerprint density at radius 2 is 0.917 bits per heavy atom. The highest BCUT2D eigenvalue weighted by Gasteiger charge is 2.30. The molecule has 0 bridgehead atoms. The third-order valence-electron chi connectivity index (χ3n) is 9.41. The largest absolute Gasteiger partial charge is 0.463 e. The third-order valence-corrected chi connectivity index (χ3v) is 9.41. The lowest BCUT2D eigenvalue weighted by atomic mass is 10.0. The Labute approximate surface area is 356 Å². The van der Waals surface area contributed by atoms with Crippen LogP contribution < -0.4 is 5.32 Å². The van der Waals surface area contributed by atoms with Crippen molar-refractivity contribution in [3.05, 3.63) is 59.7 Å². The molecular weight excluding hydrogens is 783 g/mol. The van der Waals surface area contributed by atoms with Crippen molar-refractivity contribution in [1.82, 2.24) is 0 Å². The summed E-state index contributed by atoms with van der Waals surface area (Å²) in [5, 5.41) is 2.86. The molecule has 2 aromatic rings. The van der Waals surface area contributed by atoms with Crippen molar-refractivity contribution >= 4 is 23.3 Å². The molecule has 0 aliphatic heterocycles. The highest BCUT2D eigenvalue weighted by molar-refractivity contribution is 5.96. The Hall–Kier alpha value is -3.27. The van der Waals surface area contributed by atoms with Gasteiger partial charge in [-0.25, -0.2) is 4.79 Å². The van der Waals surface area contributed by atoms with Crippen LogP contribution in [0.3, 0.4) is 0 Å². The van der Waals surface area contributed by atoms with Crippen molar-refractivity contribution in [3.63, 3.8) is 0 Å². The molecule has 2 aromatic carbocycles. The highest BCUT2D eigenvalue weighted by atomic mass is 19.4. The molecule has 0 heterocycles. The van der Waals surface area contributed by atoms with Crippen LogP contribution in [0.1, 0.15) is 126 Å². The van der Waals surface area contributed by atoms with Crippen LogP contribution in [-0.4, -0.2) is 104 Å². The van der Waals surface area contributed by atoms with Crippen molar-refractivity contribution in [3.8, 4) is 0 Å². The van der Waals surface area contributed by atoms with Gasteiger partial charge in [-0.1, -0.05) is 115 Å². The molecule has 0 unspecified atom stereocenters. The second-order valence-electron chi connectivity index (χ2n) is 14.5. The average Bonchev–Trinajstić information content (AvgIpc) is 3.24. The molecular formula is C46H72F3NO10. The fourth-order valence-electron chi connectivity index (χ4n) is 6.10. The van der Waals surface area contributed by atoms with Crippen molar-refractivity contribution in [2.45, 2.75) is 116 Å². The number of benzene rings is 2. The molecule has 0 amide bonds. The zero-order valence-electron chi connectivity index (χ0n) is 36.0. The molecule has 11 nitrogen and oxygen atoms in total. The van der Waals surface area contributed by atoms with E-state index in [4.69, 9.17) is 37.9 Å². The number of rotatable bonds is 40. The first-order valence-corrected chi connectivity index (χ1v) is 22.1. The van der Waals surface area contributed by atoms with Crippen LogP contribution in [-0.2, 0) is 48.9 Å². The maximum absolute atomic E-state index is 13.1. The molecule has 0 atom stereocenters. The monoisotopic (exact) mass is 856 g/mol. The van der Waals surface area contributed by atoms with E-state index in [1.807, 2.05) is 0 Å². The van der Waals surface area contributed by atoms with E-state index in [9.17, 15) is 22.8 Å². The van der Waals surface area contributed by atoms with Gasteiger partial charge in [0.2, 0.25) is 0 Å². The minimum Gasteiger partial charge on any atom is -0.463 e. The Bertz CT molecular complexity index is 1350. The van der Waals surface area contributed by atoms with Gasteiger partial charge in [-0.15, -0.1) is 0 Å². The molecule has 0 spiro atoms. The van der Waals surface area contributed by atoms with Gasteiger partial charge < -0.3 is 43.2 Å². The SMILES string of the molecule is CCCCCCCCCCCCCCCCCC(=O)OCCOCCOCCOCCOCCOCCOCCOC(=O)c1ccccc1Nc1cccc(C(F)(F)F)c1. The van der Waals surface area contributed by atoms with E-state index in [1.165, 1.54) is 102 Å². The lowest BCUT2D eigenvalue weighted by Crippen LogP contribution is -2.16. The Kier molecular flexibility index (Phi) is 32.1. The average molecular weight is 856 g/mol. The molecule has 14 heteroatoms. The van der Waals surface area contributed by atoms with Crippen LogP contribution >= 0.6 is 0 Å². The van der Waals surface area contributed by atoms with E-state index in [0.29, 0.717) is 84.8 Å². The predicted molar refractivity (Wildman–Crippen MR) is 227 cm³/mol. The number of carbonyl (C=O) groups excluding carboxylic acids is 2. The van der Waals surface area contributed by atoms with E-state index >= 15 is 0 Å². The number of esters is 2. The number of anilines is 2. The fourth-order valence-corrected chi connectivity index (χ4v) is 6.10. The highest BCUT2D eigenvalue weighted by Crippen LogP contribution is 2.32. The number of para-hydroxylation sites is 1. The molecule has 60 heavy (non-hydrogen) atoms. The van der Waals surface area contributed by atoms with E-state index < -0.39 is 17.7 Å². The van der Waals surface area contributed by atoms with Gasteiger partial charge in [-0.05, 0) is 36.8 Å². The summed E-state index contributed by atoms with van der Waals surface area (Å²) in [5.41, 5.74) is -0.0901. The molecule has 1 N–H and O–H groups in total. The number of nitrogens with one attached hydrogen (secondary N) is 1. The lowest BCUT2D eigenvalue weighted by molar-refractivity contribution is -0.145. The van der Waals surface area contributed by atoms with Crippen molar-refractivity contribution in [2.75, 3.05) is 97.8 Å².